The zero-order chi connectivity index (χ0) is 16.1. The second-order valence-corrected chi connectivity index (χ2v) is 5.52. The summed E-state index contributed by atoms with van der Waals surface area (Å²) in [5.41, 5.74) is 6.73. The van der Waals surface area contributed by atoms with Crippen LogP contribution < -0.4 is 5.73 Å². The number of benzene rings is 1. The van der Waals surface area contributed by atoms with Gasteiger partial charge in [0.1, 0.15) is 0 Å². The first-order chi connectivity index (χ1) is 10.5. The molecule has 6 heteroatoms. The minimum absolute atomic E-state index is 0.300. The summed E-state index contributed by atoms with van der Waals surface area (Å²) in [4.78, 5) is 36.6. The summed E-state index contributed by atoms with van der Waals surface area (Å²) in [6.07, 6.45) is 1.42. The SMILES string of the molecule is Cc1ccc(C(=O)OCC(=O)N2CCC[C@H](C(N)=O)C2)cc1. The molecule has 118 valence electrons. The van der Waals surface area contributed by atoms with Crippen LogP contribution >= 0.6 is 0 Å². The van der Waals surface area contributed by atoms with Crippen LogP contribution in [0.2, 0.25) is 0 Å². The van der Waals surface area contributed by atoms with Crippen LogP contribution in [0, 0.1) is 12.8 Å². The zero-order valence-corrected chi connectivity index (χ0v) is 12.6. The van der Waals surface area contributed by atoms with Crippen LogP contribution in [0.4, 0.5) is 0 Å². The Kier molecular flexibility index (Phi) is 5.14. The van der Waals surface area contributed by atoms with Gasteiger partial charge < -0.3 is 15.4 Å². The van der Waals surface area contributed by atoms with Gasteiger partial charge in [-0.15, -0.1) is 0 Å². The van der Waals surface area contributed by atoms with E-state index in [-0.39, 0.29) is 18.4 Å². The molecule has 0 aromatic heterocycles. The number of carbonyl (C=O) groups is 3. The predicted octanol–water partition coefficient (Wildman–Crippen LogP) is 0.876. The number of ether oxygens (including phenoxy) is 1. The van der Waals surface area contributed by atoms with E-state index in [1.54, 1.807) is 24.3 Å². The smallest absolute Gasteiger partial charge is 0.338 e. The number of amides is 2. The van der Waals surface area contributed by atoms with Crippen molar-refractivity contribution >= 4 is 17.8 Å². The van der Waals surface area contributed by atoms with Crippen molar-refractivity contribution in [2.75, 3.05) is 19.7 Å². The third-order valence-electron chi connectivity index (χ3n) is 3.79. The number of likely N-dealkylation sites (tertiary alicyclic amines) is 1. The number of esters is 1. The van der Waals surface area contributed by atoms with Crippen LogP contribution in [-0.4, -0.2) is 42.4 Å². The van der Waals surface area contributed by atoms with Crippen LogP contribution in [0.25, 0.3) is 0 Å². The Hall–Kier alpha value is -2.37. The van der Waals surface area contributed by atoms with Gasteiger partial charge in [0.05, 0.1) is 11.5 Å². The lowest BCUT2D eigenvalue weighted by Crippen LogP contribution is -2.45. The number of hydrogen-bond donors (Lipinski definition) is 1. The Bertz CT molecular complexity index is 568. The molecule has 1 atom stereocenters. The molecular formula is C16H20N2O4. The van der Waals surface area contributed by atoms with E-state index < -0.39 is 11.9 Å². The molecule has 0 aliphatic carbocycles. The number of aryl methyl sites for hydroxylation is 1. The van der Waals surface area contributed by atoms with E-state index >= 15 is 0 Å². The van der Waals surface area contributed by atoms with Crippen molar-refractivity contribution in [3.05, 3.63) is 35.4 Å². The standard InChI is InChI=1S/C16H20N2O4/c1-11-4-6-12(7-5-11)16(21)22-10-14(19)18-8-2-3-13(9-18)15(17)20/h4-7,13H,2-3,8-10H2,1H3,(H2,17,20)/t13-/m0/s1. The Morgan fingerprint density at radius 1 is 1.27 bits per heavy atom. The minimum atomic E-state index is -0.531. The number of nitrogens with zero attached hydrogens (tertiary/aromatic N) is 1. The first-order valence-electron chi connectivity index (χ1n) is 7.28. The molecule has 2 rings (SSSR count). The Labute approximate surface area is 129 Å². The minimum Gasteiger partial charge on any atom is -0.452 e. The second-order valence-electron chi connectivity index (χ2n) is 5.52. The van der Waals surface area contributed by atoms with Gasteiger partial charge in [0.25, 0.3) is 5.91 Å². The number of hydrogen-bond acceptors (Lipinski definition) is 4. The maximum atomic E-state index is 12.1. The van der Waals surface area contributed by atoms with E-state index in [0.717, 1.165) is 12.0 Å². The van der Waals surface area contributed by atoms with Gasteiger partial charge in [-0.25, -0.2) is 4.79 Å². The van der Waals surface area contributed by atoms with E-state index in [2.05, 4.69) is 0 Å². The summed E-state index contributed by atoms with van der Waals surface area (Å²) in [5, 5.41) is 0. The van der Waals surface area contributed by atoms with E-state index in [1.165, 1.54) is 4.90 Å². The van der Waals surface area contributed by atoms with Gasteiger partial charge in [0.2, 0.25) is 5.91 Å². The molecule has 1 heterocycles. The number of primary amides is 1. The van der Waals surface area contributed by atoms with E-state index in [0.29, 0.717) is 25.1 Å². The van der Waals surface area contributed by atoms with Gasteiger partial charge in [-0.3, -0.25) is 9.59 Å². The molecule has 0 bridgehead atoms. The lowest BCUT2D eigenvalue weighted by atomic mass is 9.97. The highest BCUT2D eigenvalue weighted by molar-refractivity contribution is 5.91. The number of nitrogens with two attached hydrogens (primary N) is 1. The molecule has 0 radical (unpaired) electrons. The molecule has 1 aromatic carbocycles. The van der Waals surface area contributed by atoms with E-state index in [9.17, 15) is 14.4 Å². The first-order valence-corrected chi connectivity index (χ1v) is 7.28. The van der Waals surface area contributed by atoms with Crippen LogP contribution in [0.15, 0.2) is 24.3 Å². The van der Waals surface area contributed by atoms with Crippen molar-refractivity contribution in [2.24, 2.45) is 11.7 Å². The van der Waals surface area contributed by atoms with Gasteiger partial charge in [0, 0.05) is 13.1 Å². The van der Waals surface area contributed by atoms with Gasteiger partial charge in [0.15, 0.2) is 6.61 Å². The third kappa shape index (κ3) is 4.07. The molecule has 6 nitrogen and oxygen atoms in total. The normalized spacial score (nSPS) is 17.9. The summed E-state index contributed by atoms with van der Waals surface area (Å²) >= 11 is 0. The molecule has 1 aliphatic heterocycles. The average molecular weight is 304 g/mol. The lowest BCUT2D eigenvalue weighted by Gasteiger charge is -2.31. The Morgan fingerprint density at radius 3 is 2.59 bits per heavy atom. The molecule has 1 aliphatic rings. The molecule has 2 N–H and O–H groups in total. The summed E-state index contributed by atoms with van der Waals surface area (Å²) in [6, 6.07) is 6.93. The summed E-state index contributed by atoms with van der Waals surface area (Å²) in [6.45, 7) is 2.46. The molecule has 22 heavy (non-hydrogen) atoms. The molecule has 1 fully saturated rings. The molecule has 1 aromatic rings. The number of piperidine rings is 1. The summed E-state index contributed by atoms with van der Waals surface area (Å²) in [5.74, 6) is -1.54. The van der Waals surface area contributed by atoms with Crippen molar-refractivity contribution < 1.29 is 19.1 Å². The third-order valence-corrected chi connectivity index (χ3v) is 3.79. The van der Waals surface area contributed by atoms with Crippen LogP contribution in [0.1, 0.15) is 28.8 Å². The van der Waals surface area contributed by atoms with Crippen LogP contribution in [0.3, 0.4) is 0 Å². The van der Waals surface area contributed by atoms with Gasteiger partial charge in [-0.1, -0.05) is 17.7 Å². The van der Waals surface area contributed by atoms with Gasteiger partial charge in [-0.05, 0) is 31.9 Å². The Morgan fingerprint density at radius 2 is 1.95 bits per heavy atom. The number of carbonyl (C=O) groups excluding carboxylic acids is 3. The van der Waals surface area contributed by atoms with Crippen LogP contribution in [-0.2, 0) is 14.3 Å². The van der Waals surface area contributed by atoms with Crippen molar-refractivity contribution in [3.8, 4) is 0 Å². The fourth-order valence-electron chi connectivity index (χ4n) is 2.43. The van der Waals surface area contributed by atoms with Crippen molar-refractivity contribution in [1.82, 2.24) is 4.90 Å². The molecule has 0 unspecified atom stereocenters. The van der Waals surface area contributed by atoms with Crippen LogP contribution in [0.5, 0.6) is 0 Å². The first kappa shape index (κ1) is 16.0. The molecule has 0 spiro atoms. The summed E-state index contributed by atoms with van der Waals surface area (Å²) < 4.78 is 5.03. The lowest BCUT2D eigenvalue weighted by molar-refractivity contribution is -0.137. The maximum absolute atomic E-state index is 12.1. The van der Waals surface area contributed by atoms with Crippen molar-refractivity contribution in [2.45, 2.75) is 19.8 Å². The quantitative estimate of drug-likeness (QED) is 0.836. The molecule has 1 saturated heterocycles. The highest BCUT2D eigenvalue weighted by Gasteiger charge is 2.27. The average Bonchev–Trinajstić information content (AvgIpc) is 2.53. The fourth-order valence-corrected chi connectivity index (χ4v) is 2.43. The molecule has 2 amide bonds. The monoisotopic (exact) mass is 304 g/mol. The maximum Gasteiger partial charge on any atom is 0.338 e. The number of rotatable bonds is 4. The second kappa shape index (κ2) is 7.06. The van der Waals surface area contributed by atoms with Gasteiger partial charge in [-0.2, -0.15) is 0 Å². The Balaban J connectivity index is 1.85. The fraction of sp³-hybridized carbons (Fsp3) is 0.438. The zero-order valence-electron chi connectivity index (χ0n) is 12.6. The molecule has 0 saturated carbocycles. The summed E-state index contributed by atoms with van der Waals surface area (Å²) in [7, 11) is 0. The van der Waals surface area contributed by atoms with E-state index in [1.807, 2.05) is 6.92 Å². The highest BCUT2D eigenvalue weighted by Crippen LogP contribution is 2.16. The topological polar surface area (TPSA) is 89.7 Å². The predicted molar refractivity (Wildman–Crippen MR) is 80.0 cm³/mol. The highest BCUT2D eigenvalue weighted by atomic mass is 16.5. The van der Waals surface area contributed by atoms with Crippen molar-refractivity contribution in [3.63, 3.8) is 0 Å². The van der Waals surface area contributed by atoms with Crippen molar-refractivity contribution in [1.29, 1.82) is 0 Å². The van der Waals surface area contributed by atoms with E-state index in [4.69, 9.17) is 10.5 Å². The molecular weight excluding hydrogens is 284 g/mol. The largest absolute Gasteiger partial charge is 0.452 e. The van der Waals surface area contributed by atoms with Gasteiger partial charge >= 0.3 is 5.97 Å².